The first-order chi connectivity index (χ1) is 8.97. The fourth-order valence-corrected chi connectivity index (χ4v) is 1.43. The van der Waals surface area contributed by atoms with Gasteiger partial charge in [-0.15, -0.1) is 0 Å². The number of carbonyl (C=O) groups excluding carboxylic acids is 1. The number of halogens is 4. The van der Waals surface area contributed by atoms with Gasteiger partial charge in [-0.1, -0.05) is 0 Å². The van der Waals surface area contributed by atoms with Gasteiger partial charge in [0.2, 0.25) is 5.28 Å². The highest BCUT2D eigenvalue weighted by molar-refractivity contribution is 6.28. The Bertz CT molecular complexity index is 628. The van der Waals surface area contributed by atoms with Gasteiger partial charge in [-0.2, -0.15) is 0 Å². The summed E-state index contributed by atoms with van der Waals surface area (Å²) in [5, 5.41) is 2.14. The van der Waals surface area contributed by atoms with E-state index < -0.39 is 23.4 Å². The lowest BCUT2D eigenvalue weighted by molar-refractivity contribution is 0.102. The molecule has 1 amide bonds. The third-order valence-electron chi connectivity index (χ3n) is 2.11. The quantitative estimate of drug-likeness (QED) is 0.682. The van der Waals surface area contributed by atoms with Crippen LogP contribution in [-0.2, 0) is 0 Å². The van der Waals surface area contributed by atoms with Gasteiger partial charge in [0.15, 0.2) is 17.5 Å². The van der Waals surface area contributed by atoms with E-state index in [1.807, 2.05) is 0 Å². The van der Waals surface area contributed by atoms with Crippen molar-refractivity contribution in [1.29, 1.82) is 0 Å². The van der Waals surface area contributed by atoms with Crippen molar-refractivity contribution in [2.45, 2.75) is 0 Å². The Morgan fingerprint density at radius 2 is 1.84 bits per heavy atom. The molecule has 0 bridgehead atoms. The maximum absolute atomic E-state index is 13.0. The second kappa shape index (κ2) is 5.23. The lowest BCUT2D eigenvalue weighted by atomic mass is 10.2. The number of carbonyl (C=O) groups is 1. The molecule has 8 heteroatoms. The minimum Gasteiger partial charge on any atom is -0.306 e. The third kappa shape index (κ3) is 3.00. The maximum Gasteiger partial charge on any atom is 0.257 e. The molecular formula is C11H5ClF3N3O. The predicted molar refractivity (Wildman–Crippen MR) is 61.3 cm³/mol. The van der Waals surface area contributed by atoms with E-state index in [2.05, 4.69) is 15.3 Å². The molecule has 0 atom stereocenters. The van der Waals surface area contributed by atoms with E-state index in [0.29, 0.717) is 12.1 Å². The molecule has 0 fully saturated rings. The van der Waals surface area contributed by atoms with Gasteiger partial charge >= 0.3 is 0 Å². The number of amides is 1. The smallest absolute Gasteiger partial charge is 0.257 e. The Balaban J connectivity index is 2.25. The second-order valence-electron chi connectivity index (χ2n) is 3.42. The summed E-state index contributed by atoms with van der Waals surface area (Å²) in [5.74, 6) is -5.35. The molecule has 1 aromatic heterocycles. The highest BCUT2D eigenvalue weighted by Gasteiger charge is 2.15. The minimum atomic E-state index is -1.64. The molecule has 98 valence electrons. The molecule has 1 heterocycles. The average Bonchev–Trinajstić information content (AvgIpc) is 2.35. The Morgan fingerprint density at radius 3 is 2.42 bits per heavy atom. The van der Waals surface area contributed by atoms with Crippen molar-refractivity contribution in [2.24, 2.45) is 0 Å². The number of rotatable bonds is 2. The van der Waals surface area contributed by atoms with Crippen LogP contribution in [-0.4, -0.2) is 15.9 Å². The van der Waals surface area contributed by atoms with Crippen molar-refractivity contribution in [1.82, 2.24) is 9.97 Å². The van der Waals surface area contributed by atoms with E-state index in [1.165, 1.54) is 12.3 Å². The van der Waals surface area contributed by atoms with Crippen LogP contribution in [0, 0.1) is 17.5 Å². The number of anilines is 1. The molecule has 0 radical (unpaired) electrons. The predicted octanol–water partition coefficient (Wildman–Crippen LogP) is 2.80. The lowest BCUT2D eigenvalue weighted by Gasteiger charge is -2.05. The largest absolute Gasteiger partial charge is 0.306 e. The molecule has 2 aromatic rings. The van der Waals surface area contributed by atoms with Crippen molar-refractivity contribution in [2.75, 3.05) is 5.32 Å². The van der Waals surface area contributed by atoms with Crippen molar-refractivity contribution >= 4 is 23.3 Å². The number of benzene rings is 1. The van der Waals surface area contributed by atoms with E-state index in [-0.39, 0.29) is 16.7 Å². The molecule has 0 aliphatic rings. The fourth-order valence-electron chi connectivity index (χ4n) is 1.28. The topological polar surface area (TPSA) is 54.9 Å². The first kappa shape index (κ1) is 13.3. The number of nitrogens with one attached hydrogen (secondary N) is 1. The summed E-state index contributed by atoms with van der Waals surface area (Å²) in [7, 11) is 0. The van der Waals surface area contributed by atoms with Crippen LogP contribution in [0.5, 0.6) is 0 Å². The SMILES string of the molecule is O=C(Nc1ccnc(Cl)n1)c1cc(F)c(F)c(F)c1. The third-order valence-corrected chi connectivity index (χ3v) is 2.30. The number of nitrogens with zero attached hydrogens (tertiary/aromatic N) is 2. The summed E-state index contributed by atoms with van der Waals surface area (Å²) < 4.78 is 38.7. The standard InChI is InChI=1S/C11H5ClF3N3O/c12-11-16-2-1-8(18-11)17-10(19)5-3-6(13)9(15)7(14)4-5/h1-4H,(H,16,17,18,19). The van der Waals surface area contributed by atoms with E-state index in [1.54, 1.807) is 0 Å². The van der Waals surface area contributed by atoms with Crippen LogP contribution < -0.4 is 5.32 Å². The van der Waals surface area contributed by atoms with Gasteiger partial charge in [0.25, 0.3) is 5.91 Å². The monoisotopic (exact) mass is 287 g/mol. The van der Waals surface area contributed by atoms with Crippen molar-refractivity contribution in [3.8, 4) is 0 Å². The number of hydrogen-bond donors (Lipinski definition) is 1. The van der Waals surface area contributed by atoms with Crippen molar-refractivity contribution < 1.29 is 18.0 Å². The average molecular weight is 288 g/mol. The molecule has 0 aliphatic heterocycles. The summed E-state index contributed by atoms with van der Waals surface area (Å²) in [6.45, 7) is 0. The van der Waals surface area contributed by atoms with E-state index in [4.69, 9.17) is 11.6 Å². The highest BCUT2D eigenvalue weighted by Crippen LogP contribution is 2.15. The van der Waals surface area contributed by atoms with Gasteiger partial charge in [0.05, 0.1) is 0 Å². The fraction of sp³-hybridized carbons (Fsp3) is 0. The van der Waals surface area contributed by atoms with Gasteiger partial charge in [-0.05, 0) is 29.8 Å². The molecule has 4 nitrogen and oxygen atoms in total. The van der Waals surface area contributed by atoms with Crippen LogP contribution in [0.3, 0.4) is 0 Å². The Morgan fingerprint density at radius 1 is 1.21 bits per heavy atom. The Hall–Kier alpha value is -2.15. The summed E-state index contributed by atoms with van der Waals surface area (Å²) >= 11 is 5.50. The molecule has 0 saturated heterocycles. The normalized spacial score (nSPS) is 10.3. The zero-order valence-corrected chi connectivity index (χ0v) is 9.88. The summed E-state index contributed by atoms with van der Waals surface area (Å²) in [6.07, 6.45) is 1.29. The van der Waals surface area contributed by atoms with Crippen molar-refractivity contribution in [3.63, 3.8) is 0 Å². The molecule has 1 N–H and O–H groups in total. The molecule has 0 saturated carbocycles. The molecule has 0 spiro atoms. The molecule has 2 rings (SSSR count). The van der Waals surface area contributed by atoms with Crippen LogP contribution in [0.1, 0.15) is 10.4 Å². The molecular weight excluding hydrogens is 283 g/mol. The summed E-state index contributed by atoms with van der Waals surface area (Å²) in [6, 6.07) is 2.49. The minimum absolute atomic E-state index is 0.0511. The maximum atomic E-state index is 13.0. The van der Waals surface area contributed by atoms with E-state index >= 15 is 0 Å². The number of aromatic nitrogens is 2. The Kier molecular flexibility index (Phi) is 3.66. The summed E-state index contributed by atoms with van der Waals surface area (Å²) in [4.78, 5) is 18.9. The number of hydrogen-bond acceptors (Lipinski definition) is 3. The lowest BCUT2D eigenvalue weighted by Crippen LogP contribution is -2.14. The van der Waals surface area contributed by atoms with Gasteiger partial charge in [-0.25, -0.2) is 23.1 Å². The van der Waals surface area contributed by atoms with Crippen LogP contribution >= 0.6 is 11.6 Å². The zero-order valence-electron chi connectivity index (χ0n) is 9.12. The van der Waals surface area contributed by atoms with Gasteiger partial charge in [0.1, 0.15) is 5.82 Å². The van der Waals surface area contributed by atoms with Gasteiger partial charge in [0, 0.05) is 11.8 Å². The first-order valence-electron chi connectivity index (χ1n) is 4.92. The zero-order chi connectivity index (χ0) is 14.0. The van der Waals surface area contributed by atoms with Crippen LogP contribution in [0.15, 0.2) is 24.4 Å². The highest BCUT2D eigenvalue weighted by atomic mass is 35.5. The molecule has 19 heavy (non-hydrogen) atoms. The van der Waals surface area contributed by atoms with E-state index in [0.717, 1.165) is 0 Å². The van der Waals surface area contributed by atoms with Crippen LogP contribution in [0.25, 0.3) is 0 Å². The van der Waals surface area contributed by atoms with Gasteiger partial charge < -0.3 is 5.32 Å². The first-order valence-corrected chi connectivity index (χ1v) is 5.29. The Labute approximate surface area is 110 Å². The van der Waals surface area contributed by atoms with Crippen LogP contribution in [0.2, 0.25) is 5.28 Å². The second-order valence-corrected chi connectivity index (χ2v) is 3.76. The molecule has 0 aliphatic carbocycles. The van der Waals surface area contributed by atoms with Crippen LogP contribution in [0.4, 0.5) is 19.0 Å². The van der Waals surface area contributed by atoms with Crippen molar-refractivity contribution in [3.05, 3.63) is 52.7 Å². The molecule has 0 unspecified atom stereocenters. The van der Waals surface area contributed by atoms with E-state index in [9.17, 15) is 18.0 Å². The molecule has 1 aromatic carbocycles. The van der Waals surface area contributed by atoms with Gasteiger partial charge in [-0.3, -0.25) is 4.79 Å². The summed E-state index contributed by atoms with van der Waals surface area (Å²) in [5.41, 5.74) is -0.383.